The molecule has 78 valence electrons. The monoisotopic (exact) mass is 207 g/mol. The van der Waals surface area contributed by atoms with Gasteiger partial charge in [0.2, 0.25) is 0 Å². The first-order valence-electron chi connectivity index (χ1n) is 4.49. The third-order valence-corrected chi connectivity index (χ3v) is 3.97. The van der Waals surface area contributed by atoms with Crippen LogP contribution in [0.5, 0.6) is 0 Å². The van der Waals surface area contributed by atoms with Crippen molar-refractivity contribution in [1.82, 2.24) is 5.32 Å². The van der Waals surface area contributed by atoms with Crippen molar-refractivity contribution in [3.63, 3.8) is 0 Å². The lowest BCUT2D eigenvalue weighted by Crippen LogP contribution is -2.41. The fourth-order valence-electron chi connectivity index (χ4n) is 1.58. The van der Waals surface area contributed by atoms with Crippen LogP contribution in [-0.4, -0.2) is 45.7 Å². The molecule has 0 radical (unpaired) electrons. The summed E-state index contributed by atoms with van der Waals surface area (Å²) in [4.78, 5) is 0. The van der Waals surface area contributed by atoms with Crippen LogP contribution >= 0.6 is 0 Å². The molecule has 5 heteroatoms. The van der Waals surface area contributed by atoms with Crippen LogP contribution in [-0.2, 0) is 14.6 Å². The molecule has 0 aliphatic carbocycles. The Bertz CT molecular complexity index is 250. The Hall–Kier alpha value is -0.130. The first-order chi connectivity index (χ1) is 6.03. The minimum absolute atomic E-state index is 0.0486. The highest BCUT2D eigenvalue weighted by Gasteiger charge is 2.25. The summed E-state index contributed by atoms with van der Waals surface area (Å²) in [6, 6.07) is 0.213. The third kappa shape index (κ3) is 3.62. The van der Waals surface area contributed by atoms with Crippen LogP contribution in [0.3, 0.4) is 0 Å². The highest BCUT2D eigenvalue weighted by atomic mass is 32.2. The van der Waals surface area contributed by atoms with Crippen molar-refractivity contribution >= 4 is 9.84 Å². The fraction of sp³-hybridized carbons (Fsp3) is 1.00. The molecule has 1 fully saturated rings. The molecule has 0 spiro atoms. The lowest BCUT2D eigenvalue weighted by molar-refractivity contribution is 0.169. The minimum atomic E-state index is -2.87. The van der Waals surface area contributed by atoms with Crippen LogP contribution in [0, 0.1) is 0 Å². The van der Waals surface area contributed by atoms with E-state index in [1.165, 1.54) is 0 Å². The minimum Gasteiger partial charge on any atom is -0.383 e. The number of sulfone groups is 1. The Morgan fingerprint density at radius 1 is 1.54 bits per heavy atom. The Morgan fingerprint density at radius 3 is 2.85 bits per heavy atom. The van der Waals surface area contributed by atoms with Gasteiger partial charge in [0.15, 0.2) is 9.84 Å². The molecule has 1 saturated heterocycles. The zero-order valence-electron chi connectivity index (χ0n) is 8.12. The van der Waals surface area contributed by atoms with Crippen molar-refractivity contribution in [2.45, 2.75) is 25.4 Å². The third-order valence-electron chi connectivity index (χ3n) is 2.21. The molecule has 13 heavy (non-hydrogen) atoms. The van der Waals surface area contributed by atoms with Crippen molar-refractivity contribution in [1.29, 1.82) is 0 Å². The summed E-state index contributed by atoms with van der Waals surface area (Å²) in [7, 11) is -1.28. The van der Waals surface area contributed by atoms with E-state index in [0.29, 0.717) is 18.8 Å². The lowest BCUT2D eigenvalue weighted by atomic mass is 10.2. The molecule has 1 heterocycles. The molecule has 0 aromatic rings. The lowest BCUT2D eigenvalue weighted by Gasteiger charge is -2.17. The molecule has 2 atom stereocenters. The van der Waals surface area contributed by atoms with Gasteiger partial charge in [0.1, 0.15) is 0 Å². The molecule has 1 aliphatic heterocycles. The van der Waals surface area contributed by atoms with Crippen molar-refractivity contribution < 1.29 is 13.2 Å². The highest BCUT2D eigenvalue weighted by Crippen LogP contribution is 2.07. The van der Waals surface area contributed by atoms with Gasteiger partial charge in [0.05, 0.1) is 18.1 Å². The van der Waals surface area contributed by atoms with Crippen LogP contribution in [0.25, 0.3) is 0 Å². The van der Waals surface area contributed by atoms with Crippen molar-refractivity contribution in [3.05, 3.63) is 0 Å². The highest BCUT2D eigenvalue weighted by molar-refractivity contribution is 7.91. The van der Waals surface area contributed by atoms with E-state index in [0.717, 1.165) is 0 Å². The van der Waals surface area contributed by atoms with E-state index >= 15 is 0 Å². The molecule has 1 N–H and O–H groups in total. The first-order valence-corrected chi connectivity index (χ1v) is 6.31. The predicted octanol–water partition coefficient (Wildman–Crippen LogP) is -0.202. The number of hydrogen-bond acceptors (Lipinski definition) is 4. The van der Waals surface area contributed by atoms with E-state index in [2.05, 4.69) is 5.32 Å². The Labute approximate surface area is 79.6 Å². The van der Waals surface area contributed by atoms with Crippen molar-refractivity contribution in [3.8, 4) is 0 Å². The van der Waals surface area contributed by atoms with Gasteiger partial charge >= 0.3 is 0 Å². The second kappa shape index (κ2) is 4.39. The molecule has 0 aromatic carbocycles. The van der Waals surface area contributed by atoms with Crippen LogP contribution < -0.4 is 5.32 Å². The number of rotatable bonds is 2. The number of hydrogen-bond donors (Lipinski definition) is 1. The zero-order valence-corrected chi connectivity index (χ0v) is 8.93. The first kappa shape index (κ1) is 10.9. The van der Waals surface area contributed by atoms with Crippen LogP contribution in [0.15, 0.2) is 0 Å². The number of nitrogens with one attached hydrogen (secondary N) is 1. The molecule has 4 nitrogen and oxygen atoms in total. The van der Waals surface area contributed by atoms with Crippen LogP contribution in [0.4, 0.5) is 0 Å². The molecule has 0 aromatic heterocycles. The molecule has 0 amide bonds. The van der Waals surface area contributed by atoms with Gasteiger partial charge in [-0.05, 0) is 13.3 Å². The smallest absolute Gasteiger partial charge is 0.151 e. The van der Waals surface area contributed by atoms with Crippen LogP contribution in [0.2, 0.25) is 0 Å². The second-order valence-electron chi connectivity index (χ2n) is 3.62. The molecule has 1 rings (SSSR count). The summed E-state index contributed by atoms with van der Waals surface area (Å²) in [5, 5.41) is 3.23. The largest absolute Gasteiger partial charge is 0.383 e. The summed E-state index contributed by atoms with van der Waals surface area (Å²) >= 11 is 0. The summed E-state index contributed by atoms with van der Waals surface area (Å²) in [6.45, 7) is 2.47. The Morgan fingerprint density at radius 2 is 2.23 bits per heavy atom. The number of methoxy groups -OCH3 is 1. The summed E-state index contributed by atoms with van der Waals surface area (Å²) in [5.74, 6) is 0.493. The molecular formula is C8H17NO3S. The number of ether oxygens (including phenoxy) is 1. The summed E-state index contributed by atoms with van der Waals surface area (Å²) in [6.07, 6.45) is 0.697. The van der Waals surface area contributed by atoms with Gasteiger partial charge in [-0.2, -0.15) is 0 Å². The predicted molar refractivity (Wildman–Crippen MR) is 51.5 cm³/mol. The van der Waals surface area contributed by atoms with Gasteiger partial charge in [-0.3, -0.25) is 0 Å². The Kier molecular flexibility index (Phi) is 3.70. The fourth-order valence-corrected chi connectivity index (χ4v) is 3.26. The van der Waals surface area contributed by atoms with E-state index in [-0.39, 0.29) is 17.8 Å². The van der Waals surface area contributed by atoms with Gasteiger partial charge in [-0.15, -0.1) is 0 Å². The molecule has 0 bridgehead atoms. The quantitative estimate of drug-likeness (QED) is 0.681. The standard InChI is InChI=1S/C8H17NO3S/c1-7-3-4-13(10,11)6-8(9-7)5-12-2/h7-9H,3-6H2,1-2H3. The maximum Gasteiger partial charge on any atom is 0.151 e. The SMILES string of the molecule is COCC1CS(=O)(=O)CCC(C)N1. The van der Waals surface area contributed by atoms with E-state index in [1.54, 1.807) is 7.11 Å². The van der Waals surface area contributed by atoms with Gasteiger partial charge in [0.25, 0.3) is 0 Å². The average molecular weight is 207 g/mol. The van der Waals surface area contributed by atoms with Gasteiger partial charge in [-0.25, -0.2) is 8.42 Å². The average Bonchev–Trinajstić information content (AvgIpc) is 2.11. The van der Waals surface area contributed by atoms with E-state index < -0.39 is 9.84 Å². The maximum atomic E-state index is 11.4. The Balaban J connectivity index is 2.63. The van der Waals surface area contributed by atoms with Gasteiger partial charge < -0.3 is 10.1 Å². The molecule has 1 aliphatic rings. The van der Waals surface area contributed by atoms with Gasteiger partial charge in [-0.1, -0.05) is 0 Å². The van der Waals surface area contributed by atoms with E-state index in [4.69, 9.17) is 4.74 Å². The van der Waals surface area contributed by atoms with Gasteiger partial charge in [0, 0.05) is 19.2 Å². The maximum absolute atomic E-state index is 11.4. The summed E-state index contributed by atoms with van der Waals surface area (Å²) in [5.41, 5.74) is 0. The van der Waals surface area contributed by atoms with E-state index in [9.17, 15) is 8.42 Å². The van der Waals surface area contributed by atoms with Crippen LogP contribution in [0.1, 0.15) is 13.3 Å². The van der Waals surface area contributed by atoms with Crippen molar-refractivity contribution in [2.75, 3.05) is 25.2 Å². The van der Waals surface area contributed by atoms with Crippen molar-refractivity contribution in [2.24, 2.45) is 0 Å². The van der Waals surface area contributed by atoms with E-state index in [1.807, 2.05) is 6.92 Å². The zero-order chi connectivity index (χ0) is 9.90. The summed E-state index contributed by atoms with van der Waals surface area (Å²) < 4.78 is 27.8. The molecular weight excluding hydrogens is 190 g/mol. The normalized spacial score (nSPS) is 34.0. The topological polar surface area (TPSA) is 55.4 Å². The molecule has 0 saturated carbocycles. The molecule has 2 unspecified atom stereocenters. The second-order valence-corrected chi connectivity index (χ2v) is 5.85.